The van der Waals surface area contributed by atoms with Crippen molar-refractivity contribution in [3.8, 4) is 0 Å². The molecule has 78 valence electrons. The fourth-order valence-electron chi connectivity index (χ4n) is 1.03. The summed E-state index contributed by atoms with van der Waals surface area (Å²) in [5.41, 5.74) is 5.56. The van der Waals surface area contributed by atoms with E-state index in [9.17, 15) is 0 Å². The number of nitrogen functional groups attached to an aromatic ring is 1. The van der Waals surface area contributed by atoms with Gasteiger partial charge in [0.15, 0.2) is 0 Å². The van der Waals surface area contributed by atoms with Crippen molar-refractivity contribution >= 4 is 11.6 Å². The predicted octanol–water partition coefficient (Wildman–Crippen LogP) is 0.0566. The second-order valence-corrected chi connectivity index (χ2v) is 3.53. The zero-order valence-corrected chi connectivity index (χ0v) is 8.94. The van der Waals surface area contributed by atoms with Crippen LogP contribution in [0.5, 0.6) is 0 Å². The molecule has 0 amide bonds. The van der Waals surface area contributed by atoms with Crippen LogP contribution >= 0.6 is 0 Å². The number of nitrogens with two attached hydrogens (primary N) is 1. The van der Waals surface area contributed by atoms with Crippen LogP contribution in [0.3, 0.4) is 0 Å². The molecule has 0 saturated heterocycles. The van der Waals surface area contributed by atoms with E-state index in [2.05, 4.69) is 19.8 Å². The number of rotatable bonds is 4. The lowest BCUT2D eigenvalue weighted by molar-refractivity contribution is 0.416. The highest BCUT2D eigenvalue weighted by Gasteiger charge is 2.02. The first-order chi connectivity index (χ1) is 6.59. The first kappa shape index (κ1) is 10.7. The highest BCUT2D eigenvalue weighted by molar-refractivity contribution is 5.44. The summed E-state index contributed by atoms with van der Waals surface area (Å²) < 4.78 is 0. The SMILES string of the molecule is CN(C)CCN(C)c1cc(N)ncn1. The molecule has 2 N–H and O–H groups in total. The molecule has 5 heteroatoms. The van der Waals surface area contributed by atoms with E-state index in [1.54, 1.807) is 6.07 Å². The van der Waals surface area contributed by atoms with Crippen LogP contribution in [0.15, 0.2) is 12.4 Å². The van der Waals surface area contributed by atoms with Crippen LogP contribution in [0.25, 0.3) is 0 Å². The van der Waals surface area contributed by atoms with E-state index in [0.717, 1.165) is 18.9 Å². The largest absolute Gasteiger partial charge is 0.384 e. The number of hydrogen-bond donors (Lipinski definition) is 1. The Morgan fingerprint density at radius 1 is 1.21 bits per heavy atom. The van der Waals surface area contributed by atoms with Crippen LogP contribution in [0.4, 0.5) is 11.6 Å². The monoisotopic (exact) mass is 195 g/mol. The van der Waals surface area contributed by atoms with Gasteiger partial charge in [0.05, 0.1) is 0 Å². The molecule has 0 aliphatic carbocycles. The second kappa shape index (κ2) is 4.76. The molecule has 0 atom stereocenters. The van der Waals surface area contributed by atoms with E-state index >= 15 is 0 Å². The minimum atomic E-state index is 0.506. The quantitative estimate of drug-likeness (QED) is 0.736. The van der Waals surface area contributed by atoms with Gasteiger partial charge in [-0.05, 0) is 14.1 Å². The number of nitrogens with zero attached hydrogens (tertiary/aromatic N) is 4. The molecule has 1 rings (SSSR count). The number of likely N-dealkylation sites (N-methyl/N-ethyl adjacent to an activating group) is 2. The Bertz CT molecular complexity index is 286. The van der Waals surface area contributed by atoms with Crippen molar-refractivity contribution in [3.05, 3.63) is 12.4 Å². The van der Waals surface area contributed by atoms with E-state index in [1.165, 1.54) is 6.33 Å². The minimum absolute atomic E-state index is 0.506. The van der Waals surface area contributed by atoms with Crippen molar-refractivity contribution in [2.24, 2.45) is 0 Å². The Hall–Kier alpha value is -1.36. The molecule has 0 aromatic carbocycles. The molecular formula is C9H17N5. The van der Waals surface area contributed by atoms with Crippen molar-refractivity contribution in [3.63, 3.8) is 0 Å². The summed E-state index contributed by atoms with van der Waals surface area (Å²) >= 11 is 0. The van der Waals surface area contributed by atoms with E-state index in [1.807, 2.05) is 21.1 Å². The molecule has 0 aliphatic rings. The zero-order chi connectivity index (χ0) is 10.6. The first-order valence-electron chi connectivity index (χ1n) is 4.53. The molecule has 0 saturated carbocycles. The summed E-state index contributed by atoms with van der Waals surface area (Å²) in [6.07, 6.45) is 1.48. The highest BCUT2D eigenvalue weighted by Crippen LogP contribution is 2.09. The van der Waals surface area contributed by atoms with Gasteiger partial charge in [0.1, 0.15) is 18.0 Å². The third kappa shape index (κ3) is 3.18. The topological polar surface area (TPSA) is 58.3 Å². The van der Waals surface area contributed by atoms with E-state index in [4.69, 9.17) is 5.73 Å². The van der Waals surface area contributed by atoms with Crippen molar-refractivity contribution in [1.29, 1.82) is 0 Å². The van der Waals surface area contributed by atoms with E-state index in [-0.39, 0.29) is 0 Å². The van der Waals surface area contributed by atoms with Gasteiger partial charge in [-0.25, -0.2) is 9.97 Å². The van der Waals surface area contributed by atoms with Crippen LogP contribution in [0.2, 0.25) is 0 Å². The summed E-state index contributed by atoms with van der Waals surface area (Å²) in [6, 6.07) is 1.77. The summed E-state index contributed by atoms with van der Waals surface area (Å²) in [6.45, 7) is 1.91. The Morgan fingerprint density at radius 3 is 2.50 bits per heavy atom. The summed E-state index contributed by atoms with van der Waals surface area (Å²) in [4.78, 5) is 12.2. The third-order valence-corrected chi connectivity index (χ3v) is 1.95. The van der Waals surface area contributed by atoms with Gasteiger partial charge < -0.3 is 15.5 Å². The summed E-state index contributed by atoms with van der Waals surface area (Å²) in [5.74, 6) is 1.37. The maximum atomic E-state index is 5.56. The molecule has 0 radical (unpaired) electrons. The van der Waals surface area contributed by atoms with Gasteiger partial charge >= 0.3 is 0 Å². The Morgan fingerprint density at radius 2 is 1.93 bits per heavy atom. The second-order valence-electron chi connectivity index (χ2n) is 3.53. The molecule has 1 aromatic heterocycles. The fourth-order valence-corrected chi connectivity index (χ4v) is 1.03. The average Bonchev–Trinajstić information content (AvgIpc) is 2.14. The molecular weight excluding hydrogens is 178 g/mol. The predicted molar refractivity (Wildman–Crippen MR) is 58.3 cm³/mol. The van der Waals surface area contributed by atoms with Crippen LogP contribution in [0, 0.1) is 0 Å². The van der Waals surface area contributed by atoms with Crippen molar-refractivity contribution in [2.45, 2.75) is 0 Å². The average molecular weight is 195 g/mol. The molecule has 1 heterocycles. The van der Waals surface area contributed by atoms with Crippen molar-refractivity contribution in [1.82, 2.24) is 14.9 Å². The molecule has 0 spiro atoms. The standard InChI is InChI=1S/C9H17N5/c1-13(2)4-5-14(3)9-6-8(10)11-7-12-9/h6-7H,4-5H2,1-3H3,(H2,10,11,12). The Balaban J connectivity index is 2.56. The smallest absolute Gasteiger partial charge is 0.133 e. The maximum Gasteiger partial charge on any atom is 0.133 e. The van der Waals surface area contributed by atoms with Crippen LogP contribution in [-0.4, -0.2) is 49.1 Å². The van der Waals surface area contributed by atoms with Gasteiger partial charge in [-0.3, -0.25) is 0 Å². The maximum absolute atomic E-state index is 5.56. The molecule has 0 aliphatic heterocycles. The zero-order valence-electron chi connectivity index (χ0n) is 8.94. The normalized spacial score (nSPS) is 10.6. The van der Waals surface area contributed by atoms with Crippen molar-refractivity contribution < 1.29 is 0 Å². The lowest BCUT2D eigenvalue weighted by Gasteiger charge is -2.20. The van der Waals surface area contributed by atoms with Gasteiger partial charge in [-0.15, -0.1) is 0 Å². The molecule has 5 nitrogen and oxygen atoms in total. The molecule has 0 bridgehead atoms. The van der Waals surface area contributed by atoms with E-state index in [0.29, 0.717) is 5.82 Å². The third-order valence-electron chi connectivity index (χ3n) is 1.95. The van der Waals surface area contributed by atoms with E-state index < -0.39 is 0 Å². The number of anilines is 2. The molecule has 0 unspecified atom stereocenters. The Labute approximate surface area is 84.6 Å². The van der Waals surface area contributed by atoms with Gasteiger partial charge in [-0.2, -0.15) is 0 Å². The van der Waals surface area contributed by atoms with Gasteiger partial charge in [-0.1, -0.05) is 0 Å². The lowest BCUT2D eigenvalue weighted by Crippen LogP contribution is -2.29. The van der Waals surface area contributed by atoms with Crippen LogP contribution in [0.1, 0.15) is 0 Å². The van der Waals surface area contributed by atoms with Gasteiger partial charge in [0, 0.05) is 26.2 Å². The Kier molecular flexibility index (Phi) is 3.64. The minimum Gasteiger partial charge on any atom is -0.384 e. The van der Waals surface area contributed by atoms with Gasteiger partial charge in [0.25, 0.3) is 0 Å². The first-order valence-corrected chi connectivity index (χ1v) is 4.53. The molecule has 1 aromatic rings. The lowest BCUT2D eigenvalue weighted by atomic mass is 10.4. The summed E-state index contributed by atoms with van der Waals surface area (Å²) in [7, 11) is 6.08. The summed E-state index contributed by atoms with van der Waals surface area (Å²) in [5, 5.41) is 0. The van der Waals surface area contributed by atoms with Crippen LogP contribution < -0.4 is 10.6 Å². The van der Waals surface area contributed by atoms with Gasteiger partial charge in [0.2, 0.25) is 0 Å². The number of aromatic nitrogens is 2. The fraction of sp³-hybridized carbons (Fsp3) is 0.556. The molecule has 14 heavy (non-hydrogen) atoms. The number of hydrogen-bond acceptors (Lipinski definition) is 5. The highest BCUT2D eigenvalue weighted by atomic mass is 15.2. The molecule has 0 fully saturated rings. The van der Waals surface area contributed by atoms with Crippen LogP contribution in [-0.2, 0) is 0 Å². The van der Waals surface area contributed by atoms with Crippen molar-refractivity contribution in [2.75, 3.05) is 44.9 Å².